The first kappa shape index (κ1) is 16.7. The van der Waals surface area contributed by atoms with Crippen molar-refractivity contribution in [2.75, 3.05) is 17.2 Å². The fourth-order valence-corrected chi connectivity index (χ4v) is 3.37. The first-order chi connectivity index (χ1) is 11.7. The standard InChI is InChI=1S/C16H15ClN4O2S/c17-14-12(8-18)16(24-21-14)19-9-10-3-1-4-11(7-10)20-15(22)13-5-2-6-23-13/h1,3-4,7,13,19H,2,5-6,9H2,(H,20,22)/t13-/m1/s1. The fraction of sp³-hybridized carbons (Fsp3) is 0.312. The summed E-state index contributed by atoms with van der Waals surface area (Å²) in [5, 5.41) is 15.9. The van der Waals surface area contributed by atoms with Crippen molar-refractivity contribution in [2.24, 2.45) is 0 Å². The predicted octanol–water partition coefficient (Wildman–Crippen LogP) is 3.40. The van der Waals surface area contributed by atoms with Gasteiger partial charge in [0.25, 0.3) is 5.91 Å². The van der Waals surface area contributed by atoms with Gasteiger partial charge in [0.2, 0.25) is 0 Å². The summed E-state index contributed by atoms with van der Waals surface area (Å²) in [6.07, 6.45) is 1.32. The molecule has 8 heteroatoms. The Hall–Kier alpha value is -2.14. The number of hydrogen-bond donors (Lipinski definition) is 2. The molecule has 2 heterocycles. The molecule has 1 aliphatic rings. The molecule has 0 saturated carbocycles. The van der Waals surface area contributed by atoms with Gasteiger partial charge in [-0.3, -0.25) is 4.79 Å². The molecule has 1 aromatic carbocycles. The maximum absolute atomic E-state index is 12.1. The summed E-state index contributed by atoms with van der Waals surface area (Å²) in [5.74, 6) is -0.112. The average Bonchev–Trinajstić information content (AvgIpc) is 3.23. The van der Waals surface area contributed by atoms with Gasteiger partial charge < -0.3 is 15.4 Å². The maximum atomic E-state index is 12.1. The Labute approximate surface area is 148 Å². The van der Waals surface area contributed by atoms with Crippen molar-refractivity contribution in [1.29, 1.82) is 5.26 Å². The molecular weight excluding hydrogens is 348 g/mol. The van der Waals surface area contributed by atoms with Gasteiger partial charge in [0.15, 0.2) is 5.15 Å². The summed E-state index contributed by atoms with van der Waals surface area (Å²) >= 11 is 7.00. The lowest BCUT2D eigenvalue weighted by molar-refractivity contribution is -0.124. The van der Waals surface area contributed by atoms with Crippen LogP contribution in [0.15, 0.2) is 24.3 Å². The second-order valence-corrected chi connectivity index (χ2v) is 6.47. The highest BCUT2D eigenvalue weighted by Gasteiger charge is 2.23. The number of halogens is 1. The molecule has 1 amide bonds. The smallest absolute Gasteiger partial charge is 0.253 e. The van der Waals surface area contributed by atoms with Crippen LogP contribution in [-0.4, -0.2) is 23.0 Å². The highest BCUT2D eigenvalue weighted by Crippen LogP contribution is 2.28. The Morgan fingerprint density at radius 1 is 1.54 bits per heavy atom. The Kier molecular flexibility index (Phi) is 5.30. The lowest BCUT2D eigenvalue weighted by Crippen LogP contribution is -2.26. The molecule has 0 radical (unpaired) electrons. The van der Waals surface area contributed by atoms with Crippen molar-refractivity contribution in [3.8, 4) is 6.07 Å². The third kappa shape index (κ3) is 3.85. The Balaban J connectivity index is 1.62. The molecule has 0 bridgehead atoms. The van der Waals surface area contributed by atoms with Gasteiger partial charge in [0.1, 0.15) is 22.7 Å². The lowest BCUT2D eigenvalue weighted by atomic mass is 10.2. The molecule has 0 aliphatic carbocycles. The molecule has 0 unspecified atom stereocenters. The lowest BCUT2D eigenvalue weighted by Gasteiger charge is -2.11. The summed E-state index contributed by atoms with van der Waals surface area (Å²) < 4.78 is 9.33. The number of carbonyl (C=O) groups is 1. The van der Waals surface area contributed by atoms with Gasteiger partial charge in [-0.05, 0) is 42.1 Å². The normalized spacial score (nSPS) is 16.6. The SMILES string of the molecule is N#Cc1c(Cl)nsc1NCc1cccc(NC(=O)[C@H]2CCCO2)c1. The van der Waals surface area contributed by atoms with E-state index in [0.717, 1.165) is 35.6 Å². The van der Waals surface area contributed by atoms with E-state index < -0.39 is 0 Å². The second-order valence-electron chi connectivity index (χ2n) is 5.33. The number of hydrogen-bond acceptors (Lipinski definition) is 6. The molecule has 1 saturated heterocycles. The van der Waals surface area contributed by atoms with Crippen LogP contribution in [0.2, 0.25) is 5.15 Å². The van der Waals surface area contributed by atoms with E-state index in [1.165, 1.54) is 0 Å². The van der Waals surface area contributed by atoms with Crippen molar-refractivity contribution in [1.82, 2.24) is 4.37 Å². The van der Waals surface area contributed by atoms with Crippen molar-refractivity contribution in [2.45, 2.75) is 25.5 Å². The van der Waals surface area contributed by atoms with E-state index in [-0.39, 0.29) is 17.2 Å². The zero-order valence-corrected chi connectivity index (χ0v) is 14.3. The molecule has 2 N–H and O–H groups in total. The number of nitrogens with one attached hydrogen (secondary N) is 2. The van der Waals surface area contributed by atoms with Crippen LogP contribution in [0, 0.1) is 11.3 Å². The first-order valence-electron chi connectivity index (χ1n) is 7.48. The number of nitriles is 1. The van der Waals surface area contributed by atoms with Gasteiger partial charge in [-0.25, -0.2) is 0 Å². The van der Waals surface area contributed by atoms with Gasteiger partial charge in [-0.2, -0.15) is 9.64 Å². The van der Waals surface area contributed by atoms with Gasteiger partial charge in [0, 0.05) is 18.8 Å². The van der Waals surface area contributed by atoms with Crippen molar-refractivity contribution >= 4 is 39.7 Å². The van der Waals surface area contributed by atoms with E-state index in [0.29, 0.717) is 23.7 Å². The van der Waals surface area contributed by atoms with Crippen LogP contribution in [0.5, 0.6) is 0 Å². The van der Waals surface area contributed by atoms with Crippen LogP contribution in [-0.2, 0) is 16.1 Å². The summed E-state index contributed by atoms with van der Waals surface area (Å²) in [5.41, 5.74) is 2.04. The molecule has 1 aromatic heterocycles. The largest absolute Gasteiger partial charge is 0.370 e. The number of carbonyl (C=O) groups excluding carboxylic acids is 1. The highest BCUT2D eigenvalue weighted by atomic mass is 35.5. The van der Waals surface area contributed by atoms with E-state index in [9.17, 15) is 4.79 Å². The quantitative estimate of drug-likeness (QED) is 0.851. The van der Waals surface area contributed by atoms with E-state index in [1.54, 1.807) is 0 Å². The number of aromatic nitrogens is 1. The van der Waals surface area contributed by atoms with E-state index in [2.05, 4.69) is 15.0 Å². The summed E-state index contributed by atoms with van der Waals surface area (Å²) in [7, 11) is 0. The molecule has 6 nitrogen and oxygen atoms in total. The average molecular weight is 363 g/mol. The Bertz CT molecular complexity index is 781. The van der Waals surface area contributed by atoms with E-state index in [4.69, 9.17) is 21.6 Å². The number of nitrogens with zero attached hydrogens (tertiary/aromatic N) is 2. The summed E-state index contributed by atoms with van der Waals surface area (Å²) in [6.45, 7) is 1.14. The minimum absolute atomic E-state index is 0.112. The molecule has 1 aliphatic heterocycles. The van der Waals surface area contributed by atoms with Crippen LogP contribution in [0.25, 0.3) is 0 Å². The van der Waals surface area contributed by atoms with Crippen LogP contribution in [0.3, 0.4) is 0 Å². The number of rotatable bonds is 5. The van der Waals surface area contributed by atoms with Crippen molar-refractivity contribution in [3.63, 3.8) is 0 Å². The number of amides is 1. The zero-order chi connectivity index (χ0) is 16.9. The predicted molar refractivity (Wildman–Crippen MR) is 93.2 cm³/mol. The topological polar surface area (TPSA) is 87.0 Å². The fourth-order valence-electron chi connectivity index (χ4n) is 2.44. The monoisotopic (exact) mass is 362 g/mol. The zero-order valence-electron chi connectivity index (χ0n) is 12.7. The van der Waals surface area contributed by atoms with Gasteiger partial charge in [-0.15, -0.1) is 0 Å². The molecule has 124 valence electrons. The van der Waals surface area contributed by atoms with Gasteiger partial charge >= 0.3 is 0 Å². The van der Waals surface area contributed by atoms with Crippen LogP contribution in [0.4, 0.5) is 10.7 Å². The molecule has 24 heavy (non-hydrogen) atoms. The van der Waals surface area contributed by atoms with Gasteiger partial charge in [0.05, 0.1) is 0 Å². The molecule has 3 rings (SSSR count). The van der Waals surface area contributed by atoms with Crippen LogP contribution < -0.4 is 10.6 Å². The molecular formula is C16H15ClN4O2S. The Morgan fingerprint density at radius 3 is 3.17 bits per heavy atom. The minimum Gasteiger partial charge on any atom is -0.370 e. The number of ether oxygens (including phenoxy) is 1. The third-order valence-electron chi connectivity index (χ3n) is 3.63. The van der Waals surface area contributed by atoms with Crippen molar-refractivity contribution < 1.29 is 9.53 Å². The molecule has 0 spiro atoms. The highest BCUT2D eigenvalue weighted by molar-refractivity contribution is 7.10. The molecule has 2 aromatic rings. The van der Waals surface area contributed by atoms with Crippen LogP contribution >= 0.6 is 23.1 Å². The van der Waals surface area contributed by atoms with Crippen LogP contribution in [0.1, 0.15) is 24.0 Å². The first-order valence-corrected chi connectivity index (χ1v) is 8.63. The number of benzene rings is 1. The Morgan fingerprint density at radius 2 is 2.42 bits per heavy atom. The van der Waals surface area contributed by atoms with Gasteiger partial charge in [-0.1, -0.05) is 23.7 Å². The molecule has 1 fully saturated rings. The van der Waals surface area contributed by atoms with Crippen molar-refractivity contribution in [3.05, 3.63) is 40.5 Å². The minimum atomic E-state index is -0.357. The maximum Gasteiger partial charge on any atom is 0.253 e. The molecule has 1 atom stereocenters. The summed E-state index contributed by atoms with van der Waals surface area (Å²) in [4.78, 5) is 12.1. The second kappa shape index (κ2) is 7.62. The summed E-state index contributed by atoms with van der Waals surface area (Å²) in [6, 6.07) is 9.55. The third-order valence-corrected chi connectivity index (χ3v) is 4.81. The number of anilines is 2. The van der Waals surface area contributed by atoms with E-state index in [1.807, 2.05) is 30.3 Å². The van der Waals surface area contributed by atoms with E-state index >= 15 is 0 Å².